The Morgan fingerprint density at radius 2 is 1.65 bits per heavy atom. The number of amides is 1. The average molecular weight is 493 g/mol. The number of rotatable bonds is 10. The number of aromatic nitrogens is 2. The third kappa shape index (κ3) is 7.38. The first-order valence-corrected chi connectivity index (χ1v) is 12.2. The summed E-state index contributed by atoms with van der Waals surface area (Å²) in [6.07, 6.45) is 8.36. The van der Waals surface area contributed by atoms with Crippen molar-refractivity contribution >= 4 is 13.6 Å². The molecule has 0 radical (unpaired) electrons. The van der Waals surface area contributed by atoms with Gasteiger partial charge in [0.05, 0.1) is 11.1 Å². The minimum Gasteiger partial charge on any atom is -0.539 e. The Morgan fingerprint density at radius 1 is 0.919 bits per heavy atom. The van der Waals surface area contributed by atoms with Gasteiger partial charge in [-0.2, -0.15) is 4.57 Å². The van der Waals surface area contributed by atoms with Crippen LogP contribution in [-0.2, 0) is 24.4 Å². The van der Waals surface area contributed by atoms with E-state index >= 15 is 0 Å². The van der Waals surface area contributed by atoms with E-state index in [9.17, 15) is 4.79 Å². The second kappa shape index (κ2) is 12.1. The number of pyridine rings is 2. The van der Waals surface area contributed by atoms with Crippen molar-refractivity contribution in [2.75, 3.05) is 0 Å². The summed E-state index contributed by atoms with van der Waals surface area (Å²) in [5, 5.41) is 12.0. The highest BCUT2D eigenvalue weighted by molar-refractivity contribution is 6.17. The van der Waals surface area contributed by atoms with Gasteiger partial charge < -0.3 is 15.0 Å². The molecule has 0 aliphatic carbocycles. The minimum absolute atomic E-state index is 0.152. The number of carbonyl (C=O) groups excluding carboxylic acids is 1. The van der Waals surface area contributed by atoms with Crippen molar-refractivity contribution in [2.24, 2.45) is 0 Å². The van der Waals surface area contributed by atoms with E-state index in [0.717, 1.165) is 28.8 Å². The van der Waals surface area contributed by atoms with Crippen LogP contribution in [0, 0.1) is 6.92 Å². The summed E-state index contributed by atoms with van der Waals surface area (Å²) in [7, 11) is -0.349. The number of nitrogens with one attached hydrogen (secondary N) is 1. The van der Waals surface area contributed by atoms with Crippen molar-refractivity contribution in [3.63, 3.8) is 0 Å². The van der Waals surface area contributed by atoms with Gasteiger partial charge in [-0.1, -0.05) is 42.5 Å². The van der Waals surface area contributed by atoms with Crippen molar-refractivity contribution in [3.05, 3.63) is 126 Å². The number of nitrogens with zero attached hydrogens (tertiary/aromatic N) is 2. The van der Waals surface area contributed by atoms with Gasteiger partial charge in [-0.25, -0.2) is 4.57 Å². The van der Waals surface area contributed by atoms with Gasteiger partial charge in [0.1, 0.15) is 5.75 Å². The molecule has 0 atom stereocenters. The molecule has 0 aliphatic rings. The summed E-state index contributed by atoms with van der Waals surface area (Å²) < 4.78 is 9.51. The SMILES string of the molecule is C=C(C)C(=O)NCc1cc(-c2ccc[n+](Cc3cccc(OBO)c3)c2)c[n+](Cc2cccc(C)c2)c1. The highest BCUT2D eigenvalue weighted by Crippen LogP contribution is 2.18. The predicted octanol–water partition coefficient (Wildman–Crippen LogP) is 3.16. The van der Waals surface area contributed by atoms with E-state index in [1.54, 1.807) is 6.92 Å². The van der Waals surface area contributed by atoms with Crippen LogP contribution in [0.1, 0.15) is 29.2 Å². The molecule has 1 amide bonds. The summed E-state index contributed by atoms with van der Waals surface area (Å²) in [5.74, 6) is 0.485. The van der Waals surface area contributed by atoms with Crippen molar-refractivity contribution in [3.8, 4) is 16.9 Å². The van der Waals surface area contributed by atoms with Crippen molar-refractivity contribution in [1.29, 1.82) is 0 Å². The molecule has 0 saturated carbocycles. The number of aryl methyl sites for hydroxylation is 1. The molecule has 6 nitrogen and oxygen atoms in total. The minimum atomic E-state index is -0.349. The quantitative estimate of drug-likeness (QED) is 0.203. The third-order valence-electron chi connectivity index (χ3n) is 5.95. The Bertz CT molecular complexity index is 1420. The van der Waals surface area contributed by atoms with Gasteiger partial charge in [0, 0.05) is 34.9 Å². The lowest BCUT2D eigenvalue weighted by Crippen LogP contribution is -2.36. The van der Waals surface area contributed by atoms with Crippen LogP contribution >= 0.6 is 0 Å². The summed E-state index contributed by atoms with van der Waals surface area (Å²) in [6, 6.07) is 22.4. The van der Waals surface area contributed by atoms with Gasteiger partial charge in [0.2, 0.25) is 5.91 Å². The van der Waals surface area contributed by atoms with Gasteiger partial charge in [-0.05, 0) is 44.2 Å². The van der Waals surface area contributed by atoms with Crippen LogP contribution in [0.5, 0.6) is 5.75 Å². The van der Waals surface area contributed by atoms with E-state index in [2.05, 4.69) is 82.9 Å². The van der Waals surface area contributed by atoms with Gasteiger partial charge in [-0.15, -0.1) is 0 Å². The smallest absolute Gasteiger partial charge is 0.504 e. The number of hydrogen-bond acceptors (Lipinski definition) is 3. The van der Waals surface area contributed by atoms with E-state index in [-0.39, 0.29) is 13.6 Å². The molecule has 0 aliphatic heterocycles. The zero-order valence-electron chi connectivity index (χ0n) is 21.4. The molecule has 0 bridgehead atoms. The normalized spacial score (nSPS) is 10.6. The number of benzene rings is 2. The summed E-state index contributed by atoms with van der Waals surface area (Å²) in [4.78, 5) is 12.1. The summed E-state index contributed by atoms with van der Waals surface area (Å²) in [6.45, 7) is 9.33. The number of hydrogen-bond donors (Lipinski definition) is 2. The maximum absolute atomic E-state index is 12.1. The largest absolute Gasteiger partial charge is 0.539 e. The second-order valence-electron chi connectivity index (χ2n) is 9.24. The van der Waals surface area contributed by atoms with Crippen molar-refractivity contribution < 1.29 is 23.6 Å². The highest BCUT2D eigenvalue weighted by Gasteiger charge is 2.15. The number of carbonyl (C=O) groups is 1. The van der Waals surface area contributed by atoms with Crippen LogP contribution in [0.3, 0.4) is 0 Å². The first-order valence-electron chi connectivity index (χ1n) is 12.2. The zero-order valence-corrected chi connectivity index (χ0v) is 21.4. The van der Waals surface area contributed by atoms with Crippen LogP contribution < -0.4 is 19.1 Å². The fourth-order valence-electron chi connectivity index (χ4n) is 4.21. The molecule has 186 valence electrons. The lowest BCUT2D eigenvalue weighted by atomic mass is 10.1. The third-order valence-corrected chi connectivity index (χ3v) is 5.95. The standard InChI is InChI=1S/C30H31BN3O3/c1-22(2)30(35)32-16-26-14-28(21-34(19-26)18-24-8-4-7-23(3)13-24)27-10-6-12-33(20-27)17-25-9-5-11-29(15-25)37-31-36/h4-15,19-21,31,36H,1,16-18H2,2-3H3/q+1/p+1. The molecule has 7 heteroatoms. The predicted molar refractivity (Wildman–Crippen MR) is 145 cm³/mol. The fraction of sp³-hybridized carbons (Fsp3) is 0.167. The molecule has 0 saturated heterocycles. The van der Waals surface area contributed by atoms with E-state index < -0.39 is 0 Å². The molecule has 0 fully saturated rings. The van der Waals surface area contributed by atoms with E-state index in [0.29, 0.717) is 24.4 Å². The molecule has 2 heterocycles. The Morgan fingerprint density at radius 3 is 2.41 bits per heavy atom. The van der Waals surface area contributed by atoms with Crippen LogP contribution in [0.4, 0.5) is 0 Å². The molecule has 0 unspecified atom stereocenters. The van der Waals surface area contributed by atoms with Crippen LogP contribution in [0.2, 0.25) is 0 Å². The van der Waals surface area contributed by atoms with Crippen LogP contribution in [0.15, 0.2) is 104 Å². The topological polar surface area (TPSA) is 66.3 Å². The van der Waals surface area contributed by atoms with E-state index in [4.69, 9.17) is 9.68 Å². The molecular formula is C30H32BN3O3+2. The molecule has 2 aromatic carbocycles. The van der Waals surface area contributed by atoms with E-state index in [1.165, 1.54) is 11.1 Å². The zero-order chi connectivity index (χ0) is 26.2. The lowest BCUT2D eigenvalue weighted by Gasteiger charge is -2.08. The molecule has 37 heavy (non-hydrogen) atoms. The monoisotopic (exact) mass is 493 g/mol. The molecule has 4 aromatic rings. The average Bonchev–Trinajstić information content (AvgIpc) is 2.88. The Kier molecular flexibility index (Phi) is 8.49. The first-order chi connectivity index (χ1) is 17.9. The highest BCUT2D eigenvalue weighted by atomic mass is 16.5. The maximum atomic E-state index is 12.1. The summed E-state index contributed by atoms with van der Waals surface area (Å²) >= 11 is 0. The first kappa shape index (κ1) is 25.9. The van der Waals surface area contributed by atoms with Gasteiger partial charge in [0.25, 0.3) is 0 Å². The Hall–Kier alpha value is -4.23. The van der Waals surface area contributed by atoms with Gasteiger partial charge >= 0.3 is 7.69 Å². The second-order valence-corrected chi connectivity index (χ2v) is 9.24. The molecule has 4 rings (SSSR count). The molecule has 2 N–H and O–H groups in total. The maximum Gasteiger partial charge on any atom is 0.504 e. The van der Waals surface area contributed by atoms with Crippen molar-refractivity contribution in [2.45, 2.75) is 33.5 Å². The van der Waals surface area contributed by atoms with Crippen molar-refractivity contribution in [1.82, 2.24) is 5.32 Å². The van der Waals surface area contributed by atoms with Crippen LogP contribution in [-0.4, -0.2) is 18.6 Å². The Labute approximate surface area is 218 Å². The van der Waals surface area contributed by atoms with E-state index in [1.807, 2.05) is 36.5 Å². The van der Waals surface area contributed by atoms with Gasteiger partial charge in [-0.3, -0.25) is 4.79 Å². The molecule has 0 spiro atoms. The molecule has 2 aromatic heterocycles. The summed E-state index contributed by atoms with van der Waals surface area (Å²) in [5.41, 5.74) is 7.12. The lowest BCUT2D eigenvalue weighted by molar-refractivity contribution is -0.689. The van der Waals surface area contributed by atoms with Crippen LogP contribution in [0.25, 0.3) is 11.1 Å². The fourth-order valence-corrected chi connectivity index (χ4v) is 4.21. The van der Waals surface area contributed by atoms with Gasteiger partial charge in [0.15, 0.2) is 37.9 Å². The Balaban J connectivity index is 1.64. The molecular weight excluding hydrogens is 461 g/mol.